The van der Waals surface area contributed by atoms with Crippen LogP contribution < -0.4 is 0 Å². The molecule has 0 amide bonds. The highest BCUT2D eigenvalue weighted by Crippen LogP contribution is 2.40. The zero-order chi connectivity index (χ0) is 14.9. The summed E-state index contributed by atoms with van der Waals surface area (Å²) in [5, 5.41) is 8.92. The number of rotatable bonds is 4. The topological polar surface area (TPSA) is 40.5 Å². The number of carboxylic acids is 1. The Hall–Kier alpha value is -1.42. The Bertz CT molecular complexity index is 508. The Balaban J connectivity index is 2.28. The summed E-state index contributed by atoms with van der Waals surface area (Å²) in [4.78, 5) is 13.0. The van der Waals surface area contributed by atoms with Gasteiger partial charge in [0.15, 0.2) is 0 Å². The molecular formula is C16H22FNO2. The lowest BCUT2D eigenvalue weighted by atomic mass is 9.98. The summed E-state index contributed by atoms with van der Waals surface area (Å²) in [6.07, 6.45) is 1.69. The Morgan fingerprint density at radius 2 is 2.15 bits per heavy atom. The lowest BCUT2D eigenvalue weighted by molar-refractivity contribution is -0.137. The van der Waals surface area contributed by atoms with Crippen LogP contribution in [-0.2, 0) is 11.2 Å². The number of hydrogen-bond donors (Lipinski definition) is 1. The third-order valence-electron chi connectivity index (χ3n) is 3.99. The Kier molecular flexibility index (Phi) is 4.14. The van der Waals surface area contributed by atoms with Crippen molar-refractivity contribution in [2.24, 2.45) is 0 Å². The van der Waals surface area contributed by atoms with Crippen LogP contribution in [0.15, 0.2) is 18.2 Å². The smallest absolute Gasteiger partial charge is 0.304 e. The van der Waals surface area contributed by atoms with Gasteiger partial charge in [-0.3, -0.25) is 9.69 Å². The summed E-state index contributed by atoms with van der Waals surface area (Å²) in [5.74, 6) is -0.936. The lowest BCUT2D eigenvalue weighted by Crippen LogP contribution is -2.44. The van der Waals surface area contributed by atoms with E-state index in [1.54, 1.807) is 6.07 Å². The van der Waals surface area contributed by atoms with Gasteiger partial charge >= 0.3 is 5.97 Å². The lowest BCUT2D eigenvalue weighted by Gasteiger charge is -2.40. The van der Waals surface area contributed by atoms with Crippen molar-refractivity contribution in [1.29, 1.82) is 0 Å². The van der Waals surface area contributed by atoms with Gasteiger partial charge < -0.3 is 5.11 Å². The average molecular weight is 279 g/mol. The van der Waals surface area contributed by atoms with Gasteiger partial charge in [-0.1, -0.05) is 12.1 Å². The molecule has 1 aliphatic rings. The molecule has 3 nitrogen and oxygen atoms in total. The van der Waals surface area contributed by atoms with Crippen molar-refractivity contribution >= 4 is 5.97 Å². The van der Waals surface area contributed by atoms with Crippen molar-refractivity contribution < 1.29 is 14.3 Å². The second-order valence-electron chi connectivity index (χ2n) is 6.37. The maximum absolute atomic E-state index is 13.8. The number of carbonyl (C=O) groups is 1. The third-order valence-corrected chi connectivity index (χ3v) is 3.99. The van der Waals surface area contributed by atoms with Crippen LogP contribution in [0.4, 0.5) is 4.39 Å². The molecule has 0 fully saturated rings. The standard InChI is InChI=1S/C16H22FNO2/c1-16(2,3)18(10-9-15(19)20)14-8-7-11-12(14)5-4-6-13(11)17/h4-6,14H,7-10H2,1-3H3,(H,19,20). The summed E-state index contributed by atoms with van der Waals surface area (Å²) in [6.45, 7) is 6.71. The van der Waals surface area contributed by atoms with Crippen molar-refractivity contribution in [2.75, 3.05) is 6.54 Å². The van der Waals surface area contributed by atoms with E-state index in [1.807, 2.05) is 6.07 Å². The highest BCUT2D eigenvalue weighted by Gasteiger charge is 2.35. The normalized spacial score (nSPS) is 18.4. The molecule has 110 valence electrons. The van der Waals surface area contributed by atoms with E-state index in [-0.39, 0.29) is 23.8 Å². The minimum absolute atomic E-state index is 0.110. The second-order valence-corrected chi connectivity index (χ2v) is 6.37. The van der Waals surface area contributed by atoms with Crippen LogP contribution in [0.5, 0.6) is 0 Å². The fraction of sp³-hybridized carbons (Fsp3) is 0.562. The first kappa shape index (κ1) is 15.0. The Morgan fingerprint density at radius 3 is 2.75 bits per heavy atom. The molecule has 20 heavy (non-hydrogen) atoms. The fourth-order valence-electron chi connectivity index (χ4n) is 3.09. The van der Waals surface area contributed by atoms with Crippen LogP contribution in [-0.4, -0.2) is 28.1 Å². The number of fused-ring (bicyclic) bond motifs is 1. The van der Waals surface area contributed by atoms with Crippen molar-refractivity contribution in [3.63, 3.8) is 0 Å². The molecule has 1 aromatic rings. The highest BCUT2D eigenvalue weighted by atomic mass is 19.1. The van der Waals surface area contributed by atoms with E-state index in [4.69, 9.17) is 5.11 Å². The molecule has 1 aliphatic carbocycles. The van der Waals surface area contributed by atoms with Crippen molar-refractivity contribution in [1.82, 2.24) is 4.90 Å². The molecular weight excluding hydrogens is 257 g/mol. The van der Waals surface area contributed by atoms with Gasteiger partial charge in [0.05, 0.1) is 6.42 Å². The number of carboxylic acid groups (broad SMARTS) is 1. The molecule has 0 heterocycles. The van der Waals surface area contributed by atoms with Crippen LogP contribution in [0, 0.1) is 5.82 Å². The van der Waals surface area contributed by atoms with Gasteiger partial charge in [-0.05, 0) is 50.8 Å². The molecule has 0 radical (unpaired) electrons. The maximum atomic E-state index is 13.8. The van der Waals surface area contributed by atoms with Crippen molar-refractivity contribution in [2.45, 2.75) is 51.6 Å². The van der Waals surface area contributed by atoms with Crippen LogP contribution in [0.25, 0.3) is 0 Å². The molecule has 1 N–H and O–H groups in total. The van der Waals surface area contributed by atoms with E-state index >= 15 is 0 Å². The monoisotopic (exact) mass is 279 g/mol. The summed E-state index contributed by atoms with van der Waals surface area (Å²) >= 11 is 0. The second kappa shape index (κ2) is 5.52. The van der Waals surface area contributed by atoms with E-state index in [9.17, 15) is 9.18 Å². The maximum Gasteiger partial charge on any atom is 0.304 e. The number of nitrogens with zero attached hydrogens (tertiary/aromatic N) is 1. The van der Waals surface area contributed by atoms with E-state index in [2.05, 4.69) is 25.7 Å². The fourth-order valence-corrected chi connectivity index (χ4v) is 3.09. The van der Waals surface area contributed by atoms with Gasteiger partial charge in [0.1, 0.15) is 5.82 Å². The predicted octanol–water partition coefficient (Wildman–Crippen LogP) is 3.39. The van der Waals surface area contributed by atoms with Crippen molar-refractivity contribution in [3.8, 4) is 0 Å². The van der Waals surface area contributed by atoms with Gasteiger partial charge in [-0.2, -0.15) is 0 Å². The molecule has 1 aromatic carbocycles. The van der Waals surface area contributed by atoms with Crippen LogP contribution in [0.3, 0.4) is 0 Å². The first-order chi connectivity index (χ1) is 9.30. The van der Waals surface area contributed by atoms with Crippen molar-refractivity contribution in [3.05, 3.63) is 35.1 Å². The first-order valence-corrected chi connectivity index (χ1v) is 7.06. The molecule has 0 saturated carbocycles. The molecule has 0 saturated heterocycles. The number of benzene rings is 1. The predicted molar refractivity (Wildman–Crippen MR) is 76.2 cm³/mol. The molecule has 0 bridgehead atoms. The van der Waals surface area contributed by atoms with Gasteiger partial charge in [0, 0.05) is 18.1 Å². The van der Waals surface area contributed by atoms with E-state index in [0.717, 1.165) is 24.0 Å². The largest absolute Gasteiger partial charge is 0.481 e. The summed E-state index contributed by atoms with van der Waals surface area (Å²) in [7, 11) is 0. The minimum atomic E-state index is -0.795. The quantitative estimate of drug-likeness (QED) is 0.918. The van der Waals surface area contributed by atoms with Crippen LogP contribution in [0.2, 0.25) is 0 Å². The summed E-state index contributed by atoms with van der Waals surface area (Å²) in [5.41, 5.74) is 1.67. The van der Waals surface area contributed by atoms with E-state index < -0.39 is 5.97 Å². The summed E-state index contributed by atoms with van der Waals surface area (Å²) in [6, 6.07) is 5.32. The van der Waals surface area contributed by atoms with Gasteiger partial charge in [0.25, 0.3) is 0 Å². The molecule has 0 aliphatic heterocycles. The van der Waals surface area contributed by atoms with Gasteiger partial charge in [0.2, 0.25) is 0 Å². The summed E-state index contributed by atoms with van der Waals surface area (Å²) < 4.78 is 13.8. The zero-order valence-corrected chi connectivity index (χ0v) is 12.3. The zero-order valence-electron chi connectivity index (χ0n) is 12.3. The van der Waals surface area contributed by atoms with E-state index in [1.165, 1.54) is 6.07 Å². The molecule has 1 atom stereocenters. The molecule has 1 unspecified atom stereocenters. The Morgan fingerprint density at radius 1 is 1.45 bits per heavy atom. The van der Waals surface area contributed by atoms with E-state index in [0.29, 0.717) is 6.54 Å². The third kappa shape index (κ3) is 3.01. The first-order valence-electron chi connectivity index (χ1n) is 7.06. The molecule has 0 aromatic heterocycles. The number of hydrogen-bond acceptors (Lipinski definition) is 2. The number of halogens is 1. The average Bonchev–Trinajstić information content (AvgIpc) is 2.73. The highest BCUT2D eigenvalue weighted by molar-refractivity contribution is 5.66. The van der Waals surface area contributed by atoms with Crippen LogP contribution >= 0.6 is 0 Å². The number of aliphatic carboxylic acids is 1. The minimum Gasteiger partial charge on any atom is -0.481 e. The van der Waals surface area contributed by atoms with Gasteiger partial charge in [-0.25, -0.2) is 4.39 Å². The van der Waals surface area contributed by atoms with Crippen LogP contribution in [0.1, 0.15) is 50.8 Å². The SMILES string of the molecule is CC(C)(C)N(CCC(=O)O)C1CCc2c(F)cccc21. The molecule has 0 spiro atoms. The Labute approximate surface area is 119 Å². The molecule has 2 rings (SSSR count). The molecule has 4 heteroatoms. The van der Waals surface area contributed by atoms with Gasteiger partial charge in [-0.15, -0.1) is 0 Å².